The van der Waals surface area contributed by atoms with Crippen molar-refractivity contribution < 1.29 is 22.0 Å². The maximum Gasteiger partial charge on any atom is 0.446 e. The molecule has 0 aliphatic heterocycles. The molecule has 0 aliphatic carbocycles. The quantitative estimate of drug-likeness (QED) is 0.574. The van der Waals surface area contributed by atoms with E-state index in [1.54, 1.807) is 0 Å². The standard InChI is InChI=1S/C14H8F5NS/c15-12-7-20-8-13(16)11(12)6-3-9-1-4-10(5-2-9)21-14(17,18)19/h1-8H. The molecule has 1 heterocycles. The first kappa shape index (κ1) is 15.5. The predicted octanol–water partition coefficient (Wildman–Crippen LogP) is 5.14. The summed E-state index contributed by atoms with van der Waals surface area (Å²) < 4.78 is 63.1. The topological polar surface area (TPSA) is 12.9 Å². The van der Waals surface area contributed by atoms with E-state index in [0.717, 1.165) is 12.4 Å². The van der Waals surface area contributed by atoms with E-state index in [4.69, 9.17) is 0 Å². The molecule has 7 heteroatoms. The summed E-state index contributed by atoms with van der Waals surface area (Å²) in [5, 5.41) is 0. The Morgan fingerprint density at radius 3 is 2.00 bits per heavy atom. The third kappa shape index (κ3) is 4.56. The van der Waals surface area contributed by atoms with E-state index in [-0.39, 0.29) is 22.2 Å². The van der Waals surface area contributed by atoms with E-state index in [9.17, 15) is 22.0 Å². The first-order valence-corrected chi connectivity index (χ1v) is 6.50. The summed E-state index contributed by atoms with van der Waals surface area (Å²) in [6, 6.07) is 5.44. The molecule has 0 N–H and O–H groups in total. The van der Waals surface area contributed by atoms with Gasteiger partial charge in [0.2, 0.25) is 0 Å². The molecule has 0 fully saturated rings. The van der Waals surface area contributed by atoms with E-state index >= 15 is 0 Å². The Morgan fingerprint density at radius 1 is 0.905 bits per heavy atom. The number of thioether (sulfide) groups is 1. The molecule has 0 atom stereocenters. The van der Waals surface area contributed by atoms with Gasteiger partial charge in [-0.2, -0.15) is 13.2 Å². The molecule has 0 radical (unpaired) electrons. The van der Waals surface area contributed by atoms with Gasteiger partial charge in [0.1, 0.15) is 0 Å². The first-order chi connectivity index (χ1) is 9.85. The van der Waals surface area contributed by atoms with Crippen LogP contribution in [-0.4, -0.2) is 10.5 Å². The third-order valence-electron chi connectivity index (χ3n) is 2.45. The average molecular weight is 317 g/mol. The fourth-order valence-electron chi connectivity index (χ4n) is 1.54. The van der Waals surface area contributed by atoms with Crippen LogP contribution in [0.25, 0.3) is 12.2 Å². The van der Waals surface area contributed by atoms with Crippen molar-refractivity contribution in [2.24, 2.45) is 0 Å². The zero-order valence-corrected chi connectivity index (χ0v) is 11.2. The van der Waals surface area contributed by atoms with Gasteiger partial charge in [0.15, 0.2) is 11.6 Å². The second-order valence-electron chi connectivity index (χ2n) is 3.97. The smallest absolute Gasteiger partial charge is 0.259 e. The van der Waals surface area contributed by atoms with Crippen molar-refractivity contribution >= 4 is 23.9 Å². The van der Waals surface area contributed by atoms with Gasteiger partial charge in [-0.1, -0.05) is 18.2 Å². The van der Waals surface area contributed by atoms with Gasteiger partial charge in [-0.25, -0.2) is 8.78 Å². The van der Waals surface area contributed by atoms with E-state index in [2.05, 4.69) is 4.98 Å². The minimum absolute atomic E-state index is 0.0425. The molecule has 1 aromatic heterocycles. The number of alkyl halides is 3. The molecular weight excluding hydrogens is 309 g/mol. The molecule has 0 spiro atoms. The maximum absolute atomic E-state index is 13.3. The van der Waals surface area contributed by atoms with Crippen molar-refractivity contribution in [2.45, 2.75) is 10.4 Å². The van der Waals surface area contributed by atoms with Gasteiger partial charge in [0.05, 0.1) is 12.4 Å². The van der Waals surface area contributed by atoms with Crippen LogP contribution in [0.1, 0.15) is 11.1 Å². The van der Waals surface area contributed by atoms with Gasteiger partial charge in [-0.3, -0.25) is 4.98 Å². The van der Waals surface area contributed by atoms with Crippen LogP contribution in [-0.2, 0) is 0 Å². The van der Waals surface area contributed by atoms with Gasteiger partial charge < -0.3 is 0 Å². The van der Waals surface area contributed by atoms with Gasteiger partial charge in [-0.15, -0.1) is 0 Å². The lowest BCUT2D eigenvalue weighted by Gasteiger charge is -2.05. The SMILES string of the molecule is Fc1cncc(F)c1C=Cc1ccc(SC(F)(F)F)cc1. The van der Waals surface area contributed by atoms with Crippen molar-refractivity contribution in [1.29, 1.82) is 0 Å². The minimum atomic E-state index is -4.35. The number of pyridine rings is 1. The molecule has 0 unspecified atom stereocenters. The fraction of sp³-hybridized carbons (Fsp3) is 0.0714. The zero-order chi connectivity index (χ0) is 15.5. The van der Waals surface area contributed by atoms with Crippen LogP contribution in [0.15, 0.2) is 41.6 Å². The lowest BCUT2D eigenvalue weighted by molar-refractivity contribution is -0.0328. The van der Waals surface area contributed by atoms with E-state index < -0.39 is 17.1 Å². The number of aromatic nitrogens is 1. The highest BCUT2D eigenvalue weighted by atomic mass is 32.2. The highest BCUT2D eigenvalue weighted by Gasteiger charge is 2.28. The average Bonchev–Trinajstić information content (AvgIpc) is 2.38. The van der Waals surface area contributed by atoms with E-state index in [1.165, 1.54) is 36.4 Å². The van der Waals surface area contributed by atoms with Crippen molar-refractivity contribution in [3.63, 3.8) is 0 Å². The van der Waals surface area contributed by atoms with Crippen LogP contribution in [0.5, 0.6) is 0 Å². The largest absolute Gasteiger partial charge is 0.446 e. The summed E-state index contributed by atoms with van der Waals surface area (Å²) in [5.41, 5.74) is -4.07. The molecule has 2 rings (SSSR count). The minimum Gasteiger partial charge on any atom is -0.259 e. The van der Waals surface area contributed by atoms with Crippen LogP contribution < -0.4 is 0 Å². The van der Waals surface area contributed by atoms with Crippen molar-refractivity contribution in [2.75, 3.05) is 0 Å². The lowest BCUT2D eigenvalue weighted by Crippen LogP contribution is -1.98. The van der Waals surface area contributed by atoms with Gasteiger partial charge in [-0.05, 0) is 35.5 Å². The summed E-state index contributed by atoms with van der Waals surface area (Å²) in [4.78, 5) is 3.39. The number of rotatable bonds is 3. The Balaban J connectivity index is 2.15. The van der Waals surface area contributed by atoms with Gasteiger partial charge in [0, 0.05) is 10.5 Å². The molecule has 1 nitrogen and oxygen atoms in total. The summed E-state index contributed by atoms with van der Waals surface area (Å²) in [5.74, 6) is -1.62. The molecule has 0 aliphatic rings. The van der Waals surface area contributed by atoms with Gasteiger partial charge >= 0.3 is 5.51 Å². The molecule has 0 bridgehead atoms. The third-order valence-corrected chi connectivity index (χ3v) is 3.19. The number of hydrogen-bond acceptors (Lipinski definition) is 2. The number of benzene rings is 1. The summed E-state index contributed by atoms with van der Waals surface area (Å²) in [6.07, 6.45) is 4.37. The normalized spacial score (nSPS) is 12.0. The van der Waals surface area contributed by atoms with Crippen LogP contribution in [0, 0.1) is 11.6 Å². The van der Waals surface area contributed by atoms with Crippen LogP contribution >= 0.6 is 11.8 Å². The molecule has 0 saturated heterocycles. The molecule has 2 aromatic rings. The number of nitrogens with zero attached hydrogens (tertiary/aromatic N) is 1. The van der Waals surface area contributed by atoms with E-state index in [1.807, 2.05) is 0 Å². The number of hydrogen-bond donors (Lipinski definition) is 0. The Morgan fingerprint density at radius 2 is 1.48 bits per heavy atom. The Kier molecular flexibility index (Phi) is 4.62. The lowest BCUT2D eigenvalue weighted by atomic mass is 10.1. The zero-order valence-electron chi connectivity index (χ0n) is 10.4. The highest BCUT2D eigenvalue weighted by Crippen LogP contribution is 2.36. The van der Waals surface area contributed by atoms with Crippen LogP contribution in [0.4, 0.5) is 22.0 Å². The molecule has 110 valence electrons. The molecule has 0 saturated carbocycles. The Labute approximate surface area is 121 Å². The van der Waals surface area contributed by atoms with Gasteiger partial charge in [0.25, 0.3) is 0 Å². The number of halogens is 5. The van der Waals surface area contributed by atoms with Crippen molar-refractivity contribution in [3.05, 3.63) is 59.4 Å². The Hall–Kier alpha value is -1.89. The first-order valence-electron chi connectivity index (χ1n) is 5.68. The summed E-state index contributed by atoms with van der Waals surface area (Å²) in [7, 11) is 0. The molecular formula is C14H8F5NS. The van der Waals surface area contributed by atoms with Crippen molar-refractivity contribution in [3.8, 4) is 0 Å². The molecule has 21 heavy (non-hydrogen) atoms. The van der Waals surface area contributed by atoms with Crippen molar-refractivity contribution in [1.82, 2.24) is 4.98 Å². The highest BCUT2D eigenvalue weighted by molar-refractivity contribution is 8.00. The Bertz CT molecular complexity index is 629. The summed E-state index contributed by atoms with van der Waals surface area (Å²) >= 11 is -0.224. The predicted molar refractivity (Wildman–Crippen MR) is 71.4 cm³/mol. The second-order valence-corrected chi connectivity index (χ2v) is 5.11. The van der Waals surface area contributed by atoms with Crippen LogP contribution in [0.2, 0.25) is 0 Å². The molecule has 1 aromatic carbocycles. The summed E-state index contributed by atoms with van der Waals surface area (Å²) in [6.45, 7) is 0. The monoisotopic (exact) mass is 317 g/mol. The molecule has 0 amide bonds. The van der Waals surface area contributed by atoms with E-state index in [0.29, 0.717) is 5.56 Å². The fourth-order valence-corrected chi connectivity index (χ4v) is 2.08. The second kappa shape index (κ2) is 6.26. The van der Waals surface area contributed by atoms with Crippen LogP contribution in [0.3, 0.4) is 0 Å². The maximum atomic E-state index is 13.3.